The molecule has 0 unspecified atom stereocenters. The van der Waals surface area contributed by atoms with Crippen LogP contribution in [0.4, 0.5) is 11.4 Å². The molecule has 0 radical (unpaired) electrons. The lowest BCUT2D eigenvalue weighted by molar-refractivity contribution is 0.867. The number of aromatic nitrogens is 2. The van der Waals surface area contributed by atoms with E-state index < -0.39 is 0 Å². The molecule has 26 heavy (non-hydrogen) atoms. The first-order valence-corrected chi connectivity index (χ1v) is 9.00. The Kier molecular flexibility index (Phi) is 4.17. The van der Waals surface area contributed by atoms with Crippen LogP contribution in [0.1, 0.15) is 13.8 Å². The molecular weight excluding hydrogens is 320 g/mol. The molecule has 1 aromatic heterocycles. The first kappa shape index (κ1) is 16.3. The van der Waals surface area contributed by atoms with Gasteiger partial charge in [-0.15, -0.1) is 0 Å². The number of anilines is 2. The van der Waals surface area contributed by atoms with Gasteiger partial charge in [-0.2, -0.15) is 0 Å². The van der Waals surface area contributed by atoms with Gasteiger partial charge in [0.2, 0.25) is 0 Å². The van der Waals surface area contributed by atoms with Crippen molar-refractivity contribution in [2.45, 2.75) is 13.8 Å². The number of nitrogen functional groups attached to an aromatic ring is 1. The number of hydrogen-bond acceptors (Lipinski definition) is 4. The number of hydrogen-bond donors (Lipinski definition) is 1. The summed E-state index contributed by atoms with van der Waals surface area (Å²) in [5.74, 6) is 0. The first-order valence-electron chi connectivity index (χ1n) is 9.00. The van der Waals surface area contributed by atoms with Crippen LogP contribution in [0.2, 0.25) is 0 Å². The number of fused-ring (bicyclic) bond motifs is 2. The molecule has 2 N–H and O–H groups in total. The predicted molar refractivity (Wildman–Crippen MR) is 110 cm³/mol. The highest BCUT2D eigenvalue weighted by atomic mass is 15.1. The Hall–Kier alpha value is -3.14. The van der Waals surface area contributed by atoms with Gasteiger partial charge in [-0.05, 0) is 67.4 Å². The van der Waals surface area contributed by atoms with Crippen molar-refractivity contribution in [2.75, 3.05) is 23.7 Å². The molecule has 4 aromatic rings. The summed E-state index contributed by atoms with van der Waals surface area (Å²) >= 11 is 0. The van der Waals surface area contributed by atoms with Gasteiger partial charge in [0.05, 0.1) is 22.1 Å². The van der Waals surface area contributed by atoms with Crippen molar-refractivity contribution >= 4 is 33.4 Å². The highest BCUT2D eigenvalue weighted by Crippen LogP contribution is 2.26. The molecular formula is C22H22N4. The smallest absolute Gasteiger partial charge is 0.0915 e. The zero-order chi connectivity index (χ0) is 18.1. The number of rotatable bonds is 4. The standard InChI is InChI=1S/C22H22N4/c1-3-26(4-2)18-10-12-20-22(14-18)25-21-13-16(7-11-19(21)24-20)15-5-8-17(23)9-6-15/h5-14H,3-4,23H2,1-2H3. The molecule has 1 heterocycles. The van der Waals surface area contributed by atoms with Gasteiger partial charge in [0.1, 0.15) is 0 Å². The lowest BCUT2D eigenvalue weighted by Gasteiger charge is -2.21. The van der Waals surface area contributed by atoms with Crippen LogP contribution < -0.4 is 10.6 Å². The molecule has 0 saturated carbocycles. The van der Waals surface area contributed by atoms with Gasteiger partial charge in [-0.3, -0.25) is 0 Å². The van der Waals surface area contributed by atoms with Gasteiger partial charge >= 0.3 is 0 Å². The molecule has 0 aliphatic carbocycles. The van der Waals surface area contributed by atoms with E-state index in [2.05, 4.69) is 49.1 Å². The third kappa shape index (κ3) is 2.94. The number of nitrogens with two attached hydrogens (primary N) is 1. The van der Waals surface area contributed by atoms with Gasteiger partial charge in [0.25, 0.3) is 0 Å². The van der Waals surface area contributed by atoms with E-state index in [9.17, 15) is 0 Å². The summed E-state index contributed by atoms with van der Waals surface area (Å²) in [6.07, 6.45) is 0. The molecule has 0 aliphatic heterocycles. The third-order valence-electron chi connectivity index (χ3n) is 4.79. The van der Waals surface area contributed by atoms with E-state index in [1.807, 2.05) is 30.3 Å². The average molecular weight is 342 g/mol. The van der Waals surface area contributed by atoms with Crippen LogP contribution in [0.5, 0.6) is 0 Å². The minimum atomic E-state index is 0.768. The Morgan fingerprint density at radius 3 is 1.96 bits per heavy atom. The molecule has 4 heteroatoms. The van der Waals surface area contributed by atoms with Crippen molar-refractivity contribution in [1.82, 2.24) is 9.97 Å². The summed E-state index contributed by atoms with van der Waals surface area (Å²) in [5, 5.41) is 0. The largest absolute Gasteiger partial charge is 0.399 e. The second-order valence-electron chi connectivity index (χ2n) is 6.39. The fourth-order valence-corrected chi connectivity index (χ4v) is 3.30. The monoisotopic (exact) mass is 342 g/mol. The van der Waals surface area contributed by atoms with Crippen molar-refractivity contribution in [3.8, 4) is 11.1 Å². The Labute approximate surface area is 153 Å². The van der Waals surface area contributed by atoms with E-state index in [0.717, 1.165) is 52.0 Å². The Morgan fingerprint density at radius 1 is 0.692 bits per heavy atom. The van der Waals surface area contributed by atoms with Crippen LogP contribution in [0.3, 0.4) is 0 Å². The quantitative estimate of drug-likeness (QED) is 0.424. The van der Waals surface area contributed by atoms with Crippen molar-refractivity contribution in [2.24, 2.45) is 0 Å². The topological polar surface area (TPSA) is 55.0 Å². The maximum Gasteiger partial charge on any atom is 0.0915 e. The Morgan fingerprint density at radius 2 is 1.27 bits per heavy atom. The fourth-order valence-electron chi connectivity index (χ4n) is 3.30. The van der Waals surface area contributed by atoms with Gasteiger partial charge in [-0.25, -0.2) is 9.97 Å². The lowest BCUT2D eigenvalue weighted by Crippen LogP contribution is -2.21. The maximum atomic E-state index is 5.79. The average Bonchev–Trinajstić information content (AvgIpc) is 2.67. The van der Waals surface area contributed by atoms with E-state index in [1.165, 1.54) is 5.69 Å². The molecule has 0 bridgehead atoms. The molecule has 0 fully saturated rings. The molecule has 0 atom stereocenters. The summed E-state index contributed by atoms with van der Waals surface area (Å²) in [6, 6.07) is 20.4. The highest BCUT2D eigenvalue weighted by molar-refractivity contribution is 5.90. The summed E-state index contributed by atoms with van der Waals surface area (Å²) in [7, 11) is 0. The van der Waals surface area contributed by atoms with Gasteiger partial charge in [-0.1, -0.05) is 18.2 Å². The van der Waals surface area contributed by atoms with Crippen LogP contribution in [0.15, 0.2) is 60.7 Å². The van der Waals surface area contributed by atoms with E-state index in [-0.39, 0.29) is 0 Å². The third-order valence-corrected chi connectivity index (χ3v) is 4.79. The van der Waals surface area contributed by atoms with Crippen molar-refractivity contribution in [3.63, 3.8) is 0 Å². The lowest BCUT2D eigenvalue weighted by atomic mass is 10.0. The van der Waals surface area contributed by atoms with E-state index in [0.29, 0.717) is 0 Å². The molecule has 4 nitrogen and oxygen atoms in total. The minimum absolute atomic E-state index is 0.768. The van der Waals surface area contributed by atoms with Crippen LogP contribution in [-0.4, -0.2) is 23.1 Å². The van der Waals surface area contributed by atoms with E-state index >= 15 is 0 Å². The summed E-state index contributed by atoms with van der Waals surface area (Å²) < 4.78 is 0. The Balaban J connectivity index is 1.83. The van der Waals surface area contributed by atoms with E-state index in [4.69, 9.17) is 15.7 Å². The zero-order valence-electron chi connectivity index (χ0n) is 15.1. The summed E-state index contributed by atoms with van der Waals surface area (Å²) in [5.41, 5.74) is 13.7. The summed E-state index contributed by atoms with van der Waals surface area (Å²) in [6.45, 7) is 6.28. The predicted octanol–water partition coefficient (Wildman–Crippen LogP) is 4.88. The number of benzene rings is 3. The maximum absolute atomic E-state index is 5.79. The van der Waals surface area contributed by atoms with Gasteiger partial charge < -0.3 is 10.6 Å². The second-order valence-corrected chi connectivity index (χ2v) is 6.39. The molecule has 3 aromatic carbocycles. The molecule has 0 amide bonds. The van der Waals surface area contributed by atoms with Crippen LogP contribution in [0, 0.1) is 0 Å². The SMILES string of the molecule is CCN(CC)c1ccc2nc3ccc(-c4ccc(N)cc4)cc3nc2c1. The van der Waals surface area contributed by atoms with Gasteiger partial charge in [0.15, 0.2) is 0 Å². The van der Waals surface area contributed by atoms with Crippen molar-refractivity contribution in [1.29, 1.82) is 0 Å². The van der Waals surface area contributed by atoms with Crippen molar-refractivity contribution in [3.05, 3.63) is 60.7 Å². The molecule has 4 rings (SSSR count). The summed E-state index contributed by atoms with van der Waals surface area (Å²) in [4.78, 5) is 12.0. The van der Waals surface area contributed by atoms with Crippen LogP contribution in [0.25, 0.3) is 33.2 Å². The highest BCUT2D eigenvalue weighted by Gasteiger charge is 2.07. The normalized spacial score (nSPS) is 11.2. The van der Waals surface area contributed by atoms with Crippen LogP contribution in [-0.2, 0) is 0 Å². The van der Waals surface area contributed by atoms with Crippen molar-refractivity contribution < 1.29 is 0 Å². The second kappa shape index (κ2) is 6.64. The minimum Gasteiger partial charge on any atom is -0.399 e. The molecule has 0 aliphatic rings. The number of nitrogens with zero attached hydrogens (tertiary/aromatic N) is 3. The zero-order valence-corrected chi connectivity index (χ0v) is 15.1. The van der Waals surface area contributed by atoms with Crippen LogP contribution >= 0.6 is 0 Å². The van der Waals surface area contributed by atoms with E-state index in [1.54, 1.807) is 0 Å². The molecule has 130 valence electrons. The molecule has 0 spiro atoms. The van der Waals surface area contributed by atoms with Gasteiger partial charge in [0, 0.05) is 24.5 Å². The first-order chi connectivity index (χ1) is 12.7. The fraction of sp³-hybridized carbons (Fsp3) is 0.182. The Bertz CT molecular complexity index is 1070. The molecule has 0 saturated heterocycles.